The maximum Gasteiger partial charge on any atom is 0.259 e. The monoisotopic (exact) mass is 394 g/mol. The molecule has 0 bridgehead atoms. The smallest absolute Gasteiger partial charge is 0.259 e. The summed E-state index contributed by atoms with van der Waals surface area (Å²) >= 11 is 0. The number of benzene rings is 2. The highest BCUT2D eigenvalue weighted by molar-refractivity contribution is 6.06. The Balaban J connectivity index is 1.64. The first kappa shape index (κ1) is 20.9. The summed E-state index contributed by atoms with van der Waals surface area (Å²) < 4.78 is 5.76. The van der Waals surface area contributed by atoms with Gasteiger partial charge in [-0.1, -0.05) is 50.8 Å². The molecule has 0 heterocycles. The average Bonchev–Trinajstić information content (AvgIpc) is 2.75. The van der Waals surface area contributed by atoms with Gasteiger partial charge in [0.05, 0.1) is 12.2 Å². The van der Waals surface area contributed by atoms with Crippen molar-refractivity contribution in [2.45, 2.75) is 51.9 Å². The zero-order valence-electron chi connectivity index (χ0n) is 17.1. The minimum Gasteiger partial charge on any atom is -0.493 e. The van der Waals surface area contributed by atoms with E-state index in [1.54, 1.807) is 12.1 Å². The molecular formula is C24H30N2O3. The van der Waals surface area contributed by atoms with Crippen LogP contribution in [-0.2, 0) is 4.79 Å². The van der Waals surface area contributed by atoms with E-state index in [2.05, 4.69) is 17.6 Å². The second-order valence-corrected chi connectivity index (χ2v) is 7.56. The van der Waals surface area contributed by atoms with E-state index in [4.69, 9.17) is 4.74 Å². The van der Waals surface area contributed by atoms with Crippen molar-refractivity contribution in [3.05, 3.63) is 54.1 Å². The van der Waals surface area contributed by atoms with Gasteiger partial charge in [-0.2, -0.15) is 0 Å². The normalized spacial score (nSPS) is 14.2. The van der Waals surface area contributed by atoms with Gasteiger partial charge in [-0.3, -0.25) is 9.59 Å². The maximum atomic E-state index is 12.8. The molecule has 0 atom stereocenters. The largest absolute Gasteiger partial charge is 0.493 e. The second-order valence-electron chi connectivity index (χ2n) is 7.56. The Hall–Kier alpha value is -2.82. The number of para-hydroxylation sites is 1. The number of carbonyl (C=O) groups is 2. The molecule has 0 saturated heterocycles. The maximum absolute atomic E-state index is 12.8. The summed E-state index contributed by atoms with van der Waals surface area (Å²) in [6.45, 7) is 2.69. The predicted molar refractivity (Wildman–Crippen MR) is 116 cm³/mol. The van der Waals surface area contributed by atoms with Gasteiger partial charge in [-0.15, -0.1) is 0 Å². The molecule has 1 saturated carbocycles. The molecule has 2 N–H and O–H groups in total. The zero-order chi connectivity index (χ0) is 20.5. The lowest BCUT2D eigenvalue weighted by Gasteiger charge is -2.21. The van der Waals surface area contributed by atoms with Crippen LogP contribution in [0.1, 0.15) is 62.2 Å². The van der Waals surface area contributed by atoms with Crippen molar-refractivity contribution in [1.29, 1.82) is 0 Å². The summed E-state index contributed by atoms with van der Waals surface area (Å²) in [5.41, 5.74) is 1.84. The van der Waals surface area contributed by atoms with Crippen molar-refractivity contribution in [3.63, 3.8) is 0 Å². The van der Waals surface area contributed by atoms with Crippen LogP contribution in [0.3, 0.4) is 0 Å². The third-order valence-electron chi connectivity index (χ3n) is 5.25. The van der Waals surface area contributed by atoms with Gasteiger partial charge in [0, 0.05) is 17.3 Å². The van der Waals surface area contributed by atoms with Crippen molar-refractivity contribution in [2.24, 2.45) is 5.92 Å². The lowest BCUT2D eigenvalue weighted by molar-refractivity contribution is -0.120. The van der Waals surface area contributed by atoms with E-state index in [0.29, 0.717) is 29.3 Å². The summed E-state index contributed by atoms with van der Waals surface area (Å²) in [5, 5.41) is 5.91. The van der Waals surface area contributed by atoms with E-state index >= 15 is 0 Å². The molecule has 1 aliphatic rings. The van der Waals surface area contributed by atoms with E-state index in [1.165, 1.54) is 6.42 Å². The van der Waals surface area contributed by atoms with Crippen LogP contribution in [0.4, 0.5) is 11.4 Å². The molecule has 2 aromatic carbocycles. The Morgan fingerprint density at radius 3 is 2.45 bits per heavy atom. The molecule has 3 rings (SSSR count). The number of carbonyl (C=O) groups excluding carboxylic acids is 2. The highest BCUT2D eigenvalue weighted by Crippen LogP contribution is 2.26. The molecule has 2 amide bonds. The fourth-order valence-electron chi connectivity index (χ4n) is 3.59. The van der Waals surface area contributed by atoms with Crippen molar-refractivity contribution in [1.82, 2.24) is 0 Å². The standard InChI is InChI=1S/C24H30N2O3/c1-2-3-16-29-22-15-8-7-14-21(22)24(28)26-20-13-9-12-19(17-20)25-23(27)18-10-5-4-6-11-18/h7-9,12-15,17-18H,2-6,10-11,16H2,1H3,(H,25,27)(H,26,28). The summed E-state index contributed by atoms with van der Waals surface area (Å²) in [7, 11) is 0. The molecule has 0 aliphatic heterocycles. The molecule has 0 radical (unpaired) electrons. The van der Waals surface area contributed by atoms with Gasteiger partial charge >= 0.3 is 0 Å². The number of amides is 2. The van der Waals surface area contributed by atoms with Gasteiger partial charge in [0.2, 0.25) is 5.91 Å². The first-order valence-electron chi connectivity index (χ1n) is 10.6. The molecule has 0 spiro atoms. The predicted octanol–water partition coefficient (Wildman–Crippen LogP) is 5.64. The Labute approximate surface area is 172 Å². The van der Waals surface area contributed by atoms with Gasteiger partial charge in [0.15, 0.2) is 0 Å². The summed E-state index contributed by atoms with van der Waals surface area (Å²) in [6.07, 6.45) is 7.34. The van der Waals surface area contributed by atoms with Crippen molar-refractivity contribution in [3.8, 4) is 5.75 Å². The van der Waals surface area contributed by atoms with Gasteiger partial charge in [0.25, 0.3) is 5.91 Å². The van der Waals surface area contributed by atoms with Crippen molar-refractivity contribution < 1.29 is 14.3 Å². The fourth-order valence-corrected chi connectivity index (χ4v) is 3.59. The van der Waals surface area contributed by atoms with E-state index in [0.717, 1.165) is 38.5 Å². The van der Waals surface area contributed by atoms with E-state index < -0.39 is 0 Å². The third-order valence-corrected chi connectivity index (χ3v) is 5.25. The van der Waals surface area contributed by atoms with Crippen molar-refractivity contribution in [2.75, 3.05) is 17.2 Å². The van der Waals surface area contributed by atoms with Crippen LogP contribution in [0.25, 0.3) is 0 Å². The Morgan fingerprint density at radius 2 is 1.69 bits per heavy atom. The molecule has 2 aromatic rings. The molecule has 5 heteroatoms. The minimum absolute atomic E-state index is 0.0721. The number of unbranched alkanes of at least 4 members (excludes halogenated alkanes) is 1. The van der Waals surface area contributed by atoms with Crippen LogP contribution in [0, 0.1) is 5.92 Å². The minimum atomic E-state index is -0.229. The van der Waals surface area contributed by atoms with Crippen LogP contribution in [0.5, 0.6) is 5.75 Å². The van der Waals surface area contributed by atoms with Crippen LogP contribution in [0.2, 0.25) is 0 Å². The molecule has 154 valence electrons. The molecule has 29 heavy (non-hydrogen) atoms. The average molecular weight is 395 g/mol. The summed E-state index contributed by atoms with van der Waals surface area (Å²) in [4.78, 5) is 25.2. The summed E-state index contributed by atoms with van der Waals surface area (Å²) in [6, 6.07) is 14.5. The Kier molecular flexibility index (Phi) is 7.68. The number of hydrogen-bond acceptors (Lipinski definition) is 3. The van der Waals surface area contributed by atoms with Crippen LogP contribution in [0.15, 0.2) is 48.5 Å². The first-order chi connectivity index (χ1) is 14.2. The van der Waals surface area contributed by atoms with E-state index in [-0.39, 0.29) is 17.7 Å². The molecular weight excluding hydrogens is 364 g/mol. The topological polar surface area (TPSA) is 67.4 Å². The number of ether oxygens (including phenoxy) is 1. The van der Waals surface area contributed by atoms with Crippen LogP contribution >= 0.6 is 0 Å². The third kappa shape index (κ3) is 6.08. The summed E-state index contributed by atoms with van der Waals surface area (Å²) in [5.74, 6) is 0.519. The van der Waals surface area contributed by atoms with Gasteiger partial charge in [-0.05, 0) is 49.6 Å². The number of nitrogens with one attached hydrogen (secondary N) is 2. The van der Waals surface area contributed by atoms with Gasteiger partial charge < -0.3 is 15.4 Å². The lowest BCUT2D eigenvalue weighted by atomic mass is 9.88. The fraction of sp³-hybridized carbons (Fsp3) is 0.417. The Bertz CT molecular complexity index is 828. The van der Waals surface area contributed by atoms with Gasteiger partial charge in [0.1, 0.15) is 5.75 Å². The quantitative estimate of drug-likeness (QED) is 0.570. The van der Waals surface area contributed by atoms with Crippen molar-refractivity contribution >= 4 is 23.2 Å². The van der Waals surface area contributed by atoms with Gasteiger partial charge in [-0.25, -0.2) is 0 Å². The molecule has 0 aromatic heterocycles. The van der Waals surface area contributed by atoms with Crippen LogP contribution in [-0.4, -0.2) is 18.4 Å². The number of hydrogen-bond donors (Lipinski definition) is 2. The number of rotatable bonds is 8. The Morgan fingerprint density at radius 1 is 0.966 bits per heavy atom. The molecule has 5 nitrogen and oxygen atoms in total. The number of anilines is 2. The lowest BCUT2D eigenvalue weighted by Crippen LogP contribution is -2.24. The molecule has 0 unspecified atom stereocenters. The molecule has 1 aliphatic carbocycles. The second kappa shape index (κ2) is 10.6. The first-order valence-corrected chi connectivity index (χ1v) is 10.6. The van der Waals surface area contributed by atoms with E-state index in [9.17, 15) is 9.59 Å². The molecule has 1 fully saturated rings. The zero-order valence-corrected chi connectivity index (χ0v) is 17.1. The highest BCUT2D eigenvalue weighted by atomic mass is 16.5. The SMILES string of the molecule is CCCCOc1ccccc1C(=O)Nc1cccc(NC(=O)C2CCCCC2)c1. The van der Waals surface area contributed by atoms with E-state index in [1.807, 2.05) is 36.4 Å². The highest BCUT2D eigenvalue weighted by Gasteiger charge is 2.21. The van der Waals surface area contributed by atoms with Crippen LogP contribution < -0.4 is 15.4 Å².